The average molecular weight is 480 g/mol. The Kier molecular flexibility index (Phi) is 5.38. The van der Waals surface area contributed by atoms with Crippen LogP contribution in [0.2, 0.25) is 0 Å². The molecule has 2 amide bonds. The minimum absolute atomic E-state index is 0.208. The van der Waals surface area contributed by atoms with Crippen molar-refractivity contribution in [3.63, 3.8) is 0 Å². The van der Waals surface area contributed by atoms with E-state index in [1.807, 2.05) is 0 Å². The van der Waals surface area contributed by atoms with E-state index >= 15 is 0 Å². The smallest absolute Gasteiger partial charge is 0.260 e. The van der Waals surface area contributed by atoms with E-state index in [1.165, 1.54) is 16.8 Å². The number of aromatic amines is 2. The number of rotatable bonds is 5. The molecule has 0 radical (unpaired) electrons. The molecule has 1 aliphatic rings. The van der Waals surface area contributed by atoms with Crippen LogP contribution in [0, 0.1) is 0 Å². The Morgan fingerprint density at radius 3 is 2.65 bits per heavy atom. The Morgan fingerprint density at radius 1 is 1.06 bits per heavy atom. The van der Waals surface area contributed by atoms with Crippen LogP contribution in [0.3, 0.4) is 0 Å². The Labute approximate surface area is 194 Å². The number of carbonyl (C=O) groups excluding carboxylic acids is 2. The van der Waals surface area contributed by atoms with E-state index < -0.39 is 10.0 Å². The maximum Gasteiger partial charge on any atom is 0.260 e. The van der Waals surface area contributed by atoms with Gasteiger partial charge in [0, 0.05) is 31.0 Å². The highest BCUT2D eigenvalue weighted by atomic mass is 32.2. The lowest BCUT2D eigenvalue weighted by Gasteiger charge is -2.27. The predicted octanol–water partition coefficient (Wildman–Crippen LogP) is 2.11. The first-order chi connectivity index (χ1) is 16.3. The van der Waals surface area contributed by atoms with Crippen LogP contribution < -0.4 is 10.6 Å². The van der Waals surface area contributed by atoms with E-state index in [0.717, 1.165) is 11.1 Å². The van der Waals surface area contributed by atoms with Crippen molar-refractivity contribution in [2.75, 3.05) is 23.4 Å². The monoisotopic (exact) mass is 479 g/mol. The number of hydrogen-bond acceptors (Lipinski definition) is 6. The number of anilines is 2. The van der Waals surface area contributed by atoms with E-state index in [4.69, 9.17) is 0 Å². The van der Waals surface area contributed by atoms with Crippen LogP contribution in [0.4, 0.5) is 11.9 Å². The molecule has 4 aromatic rings. The number of carbonyl (C=O) groups is 2. The second-order valence-corrected chi connectivity index (χ2v) is 9.95. The minimum Gasteiger partial charge on any atom is -0.331 e. The summed E-state index contributed by atoms with van der Waals surface area (Å²) >= 11 is 0. The Balaban J connectivity index is 1.35. The van der Waals surface area contributed by atoms with Crippen LogP contribution in [-0.2, 0) is 23.0 Å². The van der Waals surface area contributed by atoms with Crippen LogP contribution in [-0.4, -0.2) is 57.3 Å². The molecule has 0 bridgehead atoms. The van der Waals surface area contributed by atoms with Crippen molar-refractivity contribution in [2.24, 2.45) is 0 Å². The summed E-state index contributed by atoms with van der Waals surface area (Å²) in [4.78, 5) is 39.7. The molecule has 0 saturated heterocycles. The number of amides is 2. The van der Waals surface area contributed by atoms with E-state index in [9.17, 15) is 18.0 Å². The van der Waals surface area contributed by atoms with Crippen LogP contribution in [0.1, 0.15) is 31.8 Å². The molecule has 0 aliphatic carbocycles. The van der Waals surface area contributed by atoms with E-state index in [-0.39, 0.29) is 17.8 Å². The summed E-state index contributed by atoms with van der Waals surface area (Å²) < 4.78 is 25.1. The molecule has 0 unspecified atom stereocenters. The lowest BCUT2D eigenvalue weighted by molar-refractivity contribution is 0.101. The molecule has 34 heavy (non-hydrogen) atoms. The molecule has 5 rings (SSSR count). The number of aromatic nitrogens is 4. The summed E-state index contributed by atoms with van der Waals surface area (Å²) in [5.41, 5.74) is 3.58. The van der Waals surface area contributed by atoms with Gasteiger partial charge in [-0.05, 0) is 41.8 Å². The second-order valence-electron chi connectivity index (χ2n) is 7.96. The SMILES string of the molecule is CS(=O)(=O)N1CCc2cc(C(=O)Nc3nc4c(C(=O)Nc5ncc[nH]5)cccc4[nH]3)ccc2C1. The molecular formula is C22H21N7O4S. The number of benzene rings is 2. The topological polar surface area (TPSA) is 153 Å². The fraction of sp³-hybridized carbons (Fsp3) is 0.182. The standard InChI is InChI=1S/C22H21N7O4S/c1-34(32,33)29-10-7-13-11-14(5-6-15(13)12-29)19(30)27-22-25-17-4-2-3-16(18(17)26-22)20(31)28-21-23-8-9-24-21/h2-6,8-9,11H,7,10,12H2,1H3,(H2,23,24,28,31)(H2,25,26,27,30). The number of para-hydroxylation sites is 1. The minimum atomic E-state index is -3.27. The zero-order valence-corrected chi connectivity index (χ0v) is 18.9. The quantitative estimate of drug-likeness (QED) is 0.344. The first-order valence-electron chi connectivity index (χ1n) is 10.5. The molecule has 3 heterocycles. The maximum atomic E-state index is 12.9. The van der Waals surface area contributed by atoms with Crippen LogP contribution in [0.15, 0.2) is 48.8 Å². The van der Waals surface area contributed by atoms with Gasteiger partial charge in [0.25, 0.3) is 11.8 Å². The van der Waals surface area contributed by atoms with Crippen molar-refractivity contribution >= 4 is 44.8 Å². The molecule has 0 fully saturated rings. The van der Waals surface area contributed by atoms with Crippen molar-refractivity contribution in [1.82, 2.24) is 24.2 Å². The highest BCUT2D eigenvalue weighted by molar-refractivity contribution is 7.88. The molecule has 0 atom stereocenters. The van der Waals surface area contributed by atoms with Crippen molar-refractivity contribution in [3.05, 3.63) is 71.0 Å². The van der Waals surface area contributed by atoms with Gasteiger partial charge in [-0.25, -0.2) is 18.4 Å². The van der Waals surface area contributed by atoms with Crippen molar-refractivity contribution < 1.29 is 18.0 Å². The van der Waals surface area contributed by atoms with Gasteiger partial charge in [0.05, 0.1) is 17.3 Å². The fourth-order valence-electron chi connectivity index (χ4n) is 3.91. The number of H-pyrrole nitrogens is 2. The summed E-state index contributed by atoms with van der Waals surface area (Å²) in [7, 11) is -3.27. The van der Waals surface area contributed by atoms with Gasteiger partial charge < -0.3 is 9.97 Å². The Hall–Kier alpha value is -4.03. The molecule has 2 aromatic heterocycles. The van der Waals surface area contributed by atoms with Gasteiger partial charge >= 0.3 is 0 Å². The van der Waals surface area contributed by atoms with Crippen LogP contribution >= 0.6 is 0 Å². The van der Waals surface area contributed by atoms with Gasteiger partial charge in [0.15, 0.2) is 0 Å². The zero-order chi connectivity index (χ0) is 23.9. The average Bonchev–Trinajstić information content (AvgIpc) is 3.46. The van der Waals surface area contributed by atoms with Gasteiger partial charge in [0.1, 0.15) is 5.52 Å². The van der Waals surface area contributed by atoms with Gasteiger partial charge in [0.2, 0.25) is 21.9 Å². The third kappa shape index (κ3) is 4.28. The van der Waals surface area contributed by atoms with E-state index in [0.29, 0.717) is 47.6 Å². The van der Waals surface area contributed by atoms with Gasteiger partial charge in [-0.2, -0.15) is 4.31 Å². The lowest BCUT2D eigenvalue weighted by atomic mass is 9.98. The Bertz CT molecular complexity index is 1510. The molecule has 12 heteroatoms. The summed E-state index contributed by atoms with van der Waals surface area (Å²) in [5, 5.41) is 5.40. The molecule has 0 spiro atoms. The summed E-state index contributed by atoms with van der Waals surface area (Å²) in [6.45, 7) is 0.672. The van der Waals surface area contributed by atoms with Crippen LogP contribution in [0.5, 0.6) is 0 Å². The number of hydrogen-bond donors (Lipinski definition) is 4. The third-order valence-corrected chi connectivity index (χ3v) is 6.88. The van der Waals surface area contributed by atoms with Crippen molar-refractivity contribution in [2.45, 2.75) is 13.0 Å². The normalized spacial score (nSPS) is 14.0. The number of nitrogens with one attached hydrogen (secondary N) is 4. The number of nitrogens with zero attached hydrogens (tertiary/aromatic N) is 3. The lowest BCUT2D eigenvalue weighted by Crippen LogP contribution is -2.35. The van der Waals surface area contributed by atoms with Gasteiger partial charge in [-0.3, -0.25) is 20.2 Å². The first kappa shape index (κ1) is 21.8. The maximum absolute atomic E-state index is 12.9. The van der Waals surface area contributed by atoms with Gasteiger partial charge in [-0.15, -0.1) is 0 Å². The molecule has 1 aliphatic heterocycles. The molecule has 4 N–H and O–H groups in total. The molecule has 174 valence electrons. The van der Waals surface area contributed by atoms with E-state index in [1.54, 1.807) is 42.6 Å². The molecule has 11 nitrogen and oxygen atoms in total. The first-order valence-corrected chi connectivity index (χ1v) is 12.3. The second kappa shape index (κ2) is 8.39. The number of fused-ring (bicyclic) bond motifs is 2. The molecule has 2 aromatic carbocycles. The summed E-state index contributed by atoms with van der Waals surface area (Å²) in [6.07, 6.45) is 4.85. The number of imidazole rings is 2. The summed E-state index contributed by atoms with van der Waals surface area (Å²) in [6, 6.07) is 10.3. The molecular weight excluding hydrogens is 458 g/mol. The predicted molar refractivity (Wildman–Crippen MR) is 126 cm³/mol. The number of sulfonamides is 1. The van der Waals surface area contributed by atoms with E-state index in [2.05, 4.69) is 30.6 Å². The third-order valence-electron chi connectivity index (χ3n) is 5.63. The fourth-order valence-corrected chi connectivity index (χ4v) is 4.71. The van der Waals surface area contributed by atoms with Crippen molar-refractivity contribution in [1.29, 1.82) is 0 Å². The largest absolute Gasteiger partial charge is 0.331 e. The highest BCUT2D eigenvalue weighted by Gasteiger charge is 2.24. The summed E-state index contributed by atoms with van der Waals surface area (Å²) in [5.74, 6) is -0.228. The van der Waals surface area contributed by atoms with Crippen molar-refractivity contribution in [3.8, 4) is 0 Å². The molecule has 0 saturated carbocycles. The van der Waals surface area contributed by atoms with Gasteiger partial charge in [-0.1, -0.05) is 12.1 Å². The highest BCUT2D eigenvalue weighted by Crippen LogP contribution is 2.23. The Morgan fingerprint density at radius 2 is 1.88 bits per heavy atom. The zero-order valence-electron chi connectivity index (χ0n) is 18.1. The van der Waals surface area contributed by atoms with Crippen LogP contribution in [0.25, 0.3) is 11.0 Å².